The van der Waals surface area contributed by atoms with E-state index in [2.05, 4.69) is 47.8 Å². The summed E-state index contributed by atoms with van der Waals surface area (Å²) in [6, 6.07) is 14.7. The number of likely N-dealkylation sites (N-methyl/N-ethyl adjacent to an activating group) is 1. The predicted molar refractivity (Wildman–Crippen MR) is 137 cm³/mol. The number of pyridine rings is 1. The van der Waals surface area contributed by atoms with E-state index in [0.717, 1.165) is 48.0 Å². The van der Waals surface area contributed by atoms with Crippen LogP contribution in [-0.4, -0.2) is 42.5 Å². The topological polar surface area (TPSA) is 94.5 Å². The fourth-order valence-electron chi connectivity index (χ4n) is 4.22. The zero-order chi connectivity index (χ0) is 24.1. The van der Waals surface area contributed by atoms with E-state index < -0.39 is 5.91 Å². The molecule has 6 nitrogen and oxygen atoms in total. The van der Waals surface area contributed by atoms with Gasteiger partial charge in [-0.3, -0.25) is 9.78 Å². The molecule has 0 saturated heterocycles. The zero-order valence-electron chi connectivity index (χ0n) is 19.5. The van der Waals surface area contributed by atoms with Gasteiger partial charge in [0.25, 0.3) is 0 Å². The molecule has 2 aromatic carbocycles. The van der Waals surface area contributed by atoms with Crippen LogP contribution in [0.1, 0.15) is 11.1 Å². The van der Waals surface area contributed by atoms with Gasteiger partial charge in [-0.2, -0.15) is 0 Å². The Morgan fingerprint density at radius 1 is 1.15 bits per heavy atom. The number of nitrogens with zero attached hydrogens (tertiary/aromatic N) is 2. The first kappa shape index (κ1) is 23.3. The van der Waals surface area contributed by atoms with Crippen LogP contribution in [0.15, 0.2) is 84.7 Å². The largest absolute Gasteiger partial charge is 0.488 e. The average Bonchev–Trinajstić information content (AvgIpc) is 3.03. The van der Waals surface area contributed by atoms with Gasteiger partial charge < -0.3 is 21.1 Å². The Morgan fingerprint density at radius 3 is 2.71 bits per heavy atom. The van der Waals surface area contributed by atoms with Crippen molar-refractivity contribution < 1.29 is 9.53 Å². The molecule has 1 aromatic heterocycles. The fourth-order valence-corrected chi connectivity index (χ4v) is 4.22. The lowest BCUT2D eigenvalue weighted by atomic mass is 9.95. The number of hydrogen-bond donors (Lipinski definition) is 2. The summed E-state index contributed by atoms with van der Waals surface area (Å²) in [5.74, 6) is 0.0946. The molecule has 0 fully saturated rings. The summed E-state index contributed by atoms with van der Waals surface area (Å²) in [6.45, 7) is 6.23. The molecule has 34 heavy (non-hydrogen) atoms. The Hall–Kier alpha value is -3.90. The molecule has 6 heteroatoms. The van der Waals surface area contributed by atoms with E-state index in [-0.39, 0.29) is 12.2 Å². The van der Waals surface area contributed by atoms with Crippen LogP contribution in [0.5, 0.6) is 5.75 Å². The SMILES string of the molecule is C=C(COc1cc(-c2ccc3c(c2)CCN(C)CC3)cc2ncccc12)/C(=C\C=C/N)C(N)=O. The lowest BCUT2D eigenvalue weighted by molar-refractivity contribution is -0.114. The van der Waals surface area contributed by atoms with E-state index in [4.69, 9.17) is 16.2 Å². The van der Waals surface area contributed by atoms with Crippen molar-refractivity contribution in [3.05, 3.63) is 95.9 Å². The summed E-state index contributed by atoms with van der Waals surface area (Å²) in [6.07, 6.45) is 8.29. The van der Waals surface area contributed by atoms with Gasteiger partial charge in [0.15, 0.2) is 0 Å². The van der Waals surface area contributed by atoms with Crippen LogP contribution in [0.2, 0.25) is 0 Å². The lowest BCUT2D eigenvalue weighted by Gasteiger charge is -2.15. The summed E-state index contributed by atoms with van der Waals surface area (Å²) in [5.41, 5.74) is 17.4. The van der Waals surface area contributed by atoms with Gasteiger partial charge in [-0.1, -0.05) is 24.8 Å². The Balaban J connectivity index is 1.67. The van der Waals surface area contributed by atoms with Crippen molar-refractivity contribution in [1.29, 1.82) is 0 Å². The van der Waals surface area contributed by atoms with Gasteiger partial charge >= 0.3 is 0 Å². The molecule has 174 valence electrons. The summed E-state index contributed by atoms with van der Waals surface area (Å²) < 4.78 is 6.15. The zero-order valence-corrected chi connectivity index (χ0v) is 19.5. The molecule has 4 N–H and O–H groups in total. The Kier molecular flexibility index (Phi) is 7.09. The number of carbonyl (C=O) groups excluding carboxylic acids is 1. The number of nitrogens with two attached hydrogens (primary N) is 2. The van der Waals surface area contributed by atoms with Gasteiger partial charge in [0.1, 0.15) is 12.4 Å². The Labute approximate surface area is 200 Å². The minimum absolute atomic E-state index is 0.108. The molecule has 0 spiro atoms. The summed E-state index contributed by atoms with van der Waals surface area (Å²) in [5, 5.41) is 0.891. The van der Waals surface area contributed by atoms with Gasteiger partial charge in [-0.05, 0) is 90.3 Å². The van der Waals surface area contributed by atoms with Gasteiger partial charge in [-0.15, -0.1) is 0 Å². The number of aromatic nitrogens is 1. The molecule has 0 radical (unpaired) electrons. The number of primary amides is 1. The molecule has 0 saturated carbocycles. The number of ether oxygens (including phenoxy) is 1. The lowest BCUT2D eigenvalue weighted by Crippen LogP contribution is -2.20. The molecule has 1 aliphatic rings. The monoisotopic (exact) mass is 454 g/mol. The van der Waals surface area contributed by atoms with E-state index in [0.29, 0.717) is 11.3 Å². The summed E-state index contributed by atoms with van der Waals surface area (Å²) in [7, 11) is 2.17. The Morgan fingerprint density at radius 2 is 1.94 bits per heavy atom. The van der Waals surface area contributed by atoms with Crippen molar-refractivity contribution in [2.75, 3.05) is 26.7 Å². The highest BCUT2D eigenvalue weighted by molar-refractivity contribution is 5.96. The first-order valence-electron chi connectivity index (χ1n) is 11.3. The van der Waals surface area contributed by atoms with Crippen molar-refractivity contribution in [3.8, 4) is 16.9 Å². The summed E-state index contributed by atoms with van der Waals surface area (Å²) in [4.78, 5) is 18.7. The van der Waals surface area contributed by atoms with Crippen LogP contribution in [-0.2, 0) is 17.6 Å². The first-order valence-corrected chi connectivity index (χ1v) is 11.3. The molecule has 0 aliphatic carbocycles. The standard InChI is InChI=1S/C28H30N4O2/c1-19(24(28(30)33)5-3-11-29)18-34-27-17-23(16-26-25(27)6-4-12-31-26)21-8-7-20-9-13-32(2)14-10-22(20)15-21/h3-8,11-12,15-17H,1,9-10,13-14,18,29H2,2H3,(H2,30,33)/b11-3-,24-5+. The molecule has 1 aliphatic heterocycles. The van der Waals surface area contributed by atoms with Gasteiger partial charge in [0, 0.05) is 30.2 Å². The highest BCUT2D eigenvalue weighted by atomic mass is 16.5. The number of carbonyl (C=O) groups is 1. The number of hydrogen-bond acceptors (Lipinski definition) is 5. The molecule has 0 bridgehead atoms. The normalized spacial score (nSPS) is 14.7. The maximum absolute atomic E-state index is 11.8. The van der Waals surface area contributed by atoms with E-state index >= 15 is 0 Å². The minimum atomic E-state index is -0.581. The minimum Gasteiger partial charge on any atom is -0.488 e. The average molecular weight is 455 g/mol. The number of allylic oxidation sites excluding steroid dienone is 2. The van der Waals surface area contributed by atoms with Crippen molar-refractivity contribution in [2.24, 2.45) is 11.5 Å². The molecule has 0 unspecified atom stereocenters. The fraction of sp³-hybridized carbons (Fsp3) is 0.214. The number of fused-ring (bicyclic) bond motifs is 2. The number of amides is 1. The second-order valence-electron chi connectivity index (χ2n) is 8.55. The predicted octanol–water partition coefficient (Wildman–Crippen LogP) is 3.75. The quantitative estimate of drug-likeness (QED) is 0.419. The summed E-state index contributed by atoms with van der Waals surface area (Å²) >= 11 is 0. The molecule has 2 heterocycles. The van der Waals surface area contributed by atoms with E-state index in [1.54, 1.807) is 12.3 Å². The first-order chi connectivity index (χ1) is 16.5. The number of rotatable bonds is 7. The highest BCUT2D eigenvalue weighted by Gasteiger charge is 2.15. The smallest absolute Gasteiger partial charge is 0.249 e. The van der Waals surface area contributed by atoms with Gasteiger partial charge in [0.2, 0.25) is 5.91 Å². The van der Waals surface area contributed by atoms with Crippen LogP contribution in [0.25, 0.3) is 22.0 Å². The van der Waals surface area contributed by atoms with Crippen LogP contribution in [0, 0.1) is 0 Å². The van der Waals surface area contributed by atoms with Crippen molar-refractivity contribution >= 4 is 16.8 Å². The third kappa shape index (κ3) is 5.18. The second kappa shape index (κ2) is 10.4. The third-order valence-electron chi connectivity index (χ3n) is 6.17. The van der Waals surface area contributed by atoms with Crippen molar-refractivity contribution in [2.45, 2.75) is 12.8 Å². The maximum Gasteiger partial charge on any atom is 0.249 e. The second-order valence-corrected chi connectivity index (χ2v) is 8.55. The molecular weight excluding hydrogens is 424 g/mol. The van der Waals surface area contributed by atoms with Crippen LogP contribution < -0.4 is 16.2 Å². The van der Waals surface area contributed by atoms with Crippen LogP contribution in [0.4, 0.5) is 0 Å². The van der Waals surface area contributed by atoms with Gasteiger partial charge in [0.05, 0.1) is 5.52 Å². The van der Waals surface area contributed by atoms with E-state index in [9.17, 15) is 4.79 Å². The molecule has 1 amide bonds. The third-order valence-corrected chi connectivity index (χ3v) is 6.17. The van der Waals surface area contributed by atoms with Gasteiger partial charge in [-0.25, -0.2) is 0 Å². The molecule has 0 atom stereocenters. The molecular formula is C28H30N4O2. The van der Waals surface area contributed by atoms with E-state index in [1.807, 2.05) is 18.2 Å². The van der Waals surface area contributed by atoms with E-state index in [1.165, 1.54) is 23.4 Å². The highest BCUT2D eigenvalue weighted by Crippen LogP contribution is 2.33. The molecule has 4 rings (SSSR count). The van der Waals surface area contributed by atoms with Crippen molar-refractivity contribution in [1.82, 2.24) is 9.88 Å². The number of benzene rings is 2. The van der Waals surface area contributed by atoms with Crippen LogP contribution in [0.3, 0.4) is 0 Å². The maximum atomic E-state index is 11.8. The molecule has 3 aromatic rings. The van der Waals surface area contributed by atoms with Crippen molar-refractivity contribution in [3.63, 3.8) is 0 Å². The van der Waals surface area contributed by atoms with Crippen LogP contribution >= 0.6 is 0 Å². The Bertz CT molecular complexity index is 1290.